The van der Waals surface area contributed by atoms with Gasteiger partial charge in [0.15, 0.2) is 11.6 Å². The largest absolute Gasteiger partial charge is 0.490 e. The molecule has 0 bridgehead atoms. The van der Waals surface area contributed by atoms with Gasteiger partial charge in [-0.25, -0.2) is 4.39 Å². The second-order valence-electron chi connectivity index (χ2n) is 5.37. The van der Waals surface area contributed by atoms with Crippen LogP contribution in [-0.4, -0.2) is 18.1 Å². The summed E-state index contributed by atoms with van der Waals surface area (Å²) in [5.41, 5.74) is -0.0842. The number of benzene rings is 1. The Morgan fingerprint density at radius 3 is 2.80 bits per heavy atom. The van der Waals surface area contributed by atoms with Crippen LogP contribution < -0.4 is 10.1 Å². The van der Waals surface area contributed by atoms with Gasteiger partial charge in [0, 0.05) is 12.1 Å². The molecule has 0 amide bonds. The van der Waals surface area contributed by atoms with E-state index in [9.17, 15) is 14.5 Å². The minimum absolute atomic E-state index is 0.0720. The molecule has 1 saturated carbocycles. The monoisotopic (exact) mass is 282 g/mol. The third-order valence-electron chi connectivity index (χ3n) is 3.76. The van der Waals surface area contributed by atoms with E-state index in [2.05, 4.69) is 12.2 Å². The van der Waals surface area contributed by atoms with Gasteiger partial charge in [0.2, 0.25) is 0 Å². The Kier molecular flexibility index (Phi) is 4.42. The summed E-state index contributed by atoms with van der Waals surface area (Å²) in [6.45, 7) is 2.18. The SMILES string of the molecule is COc1cc(NC2CCCC(C)C2)c(F)cc1[N+](=O)[O-]. The molecule has 0 aliphatic heterocycles. The zero-order valence-electron chi connectivity index (χ0n) is 11.7. The minimum atomic E-state index is -0.644. The summed E-state index contributed by atoms with van der Waals surface area (Å²) in [7, 11) is 1.34. The lowest BCUT2D eigenvalue weighted by molar-refractivity contribution is -0.385. The highest BCUT2D eigenvalue weighted by atomic mass is 19.1. The van der Waals surface area contributed by atoms with Crippen LogP contribution in [0.3, 0.4) is 0 Å². The van der Waals surface area contributed by atoms with Crippen LogP contribution in [0.5, 0.6) is 5.75 Å². The van der Waals surface area contributed by atoms with Crippen molar-refractivity contribution in [3.63, 3.8) is 0 Å². The Bertz CT molecular complexity index is 507. The van der Waals surface area contributed by atoms with E-state index in [0.717, 1.165) is 25.3 Å². The first kappa shape index (κ1) is 14.6. The van der Waals surface area contributed by atoms with Gasteiger partial charge in [-0.05, 0) is 18.8 Å². The molecule has 2 unspecified atom stereocenters. The van der Waals surface area contributed by atoms with Crippen molar-refractivity contribution in [3.8, 4) is 5.75 Å². The first-order chi connectivity index (χ1) is 9.51. The number of nitro groups is 1. The fraction of sp³-hybridized carbons (Fsp3) is 0.571. The maximum Gasteiger partial charge on any atom is 0.313 e. The summed E-state index contributed by atoms with van der Waals surface area (Å²) >= 11 is 0. The van der Waals surface area contributed by atoms with Crippen LogP contribution in [-0.2, 0) is 0 Å². The fourth-order valence-corrected chi connectivity index (χ4v) is 2.74. The number of halogens is 1. The molecule has 110 valence electrons. The van der Waals surface area contributed by atoms with Crippen molar-refractivity contribution < 1.29 is 14.1 Å². The zero-order valence-corrected chi connectivity index (χ0v) is 11.7. The Morgan fingerprint density at radius 2 is 2.20 bits per heavy atom. The van der Waals surface area contributed by atoms with E-state index < -0.39 is 10.7 Å². The summed E-state index contributed by atoms with van der Waals surface area (Å²) in [6, 6.07) is 2.49. The van der Waals surface area contributed by atoms with Gasteiger partial charge in [-0.3, -0.25) is 10.1 Å². The van der Waals surface area contributed by atoms with Gasteiger partial charge in [-0.2, -0.15) is 0 Å². The normalized spacial score (nSPS) is 22.4. The molecule has 1 N–H and O–H groups in total. The molecule has 1 aliphatic rings. The molecule has 1 aromatic carbocycles. The van der Waals surface area contributed by atoms with Gasteiger partial charge in [0.1, 0.15) is 0 Å². The zero-order chi connectivity index (χ0) is 14.7. The summed E-state index contributed by atoms with van der Waals surface area (Å²) in [4.78, 5) is 10.2. The Hall–Kier alpha value is -1.85. The van der Waals surface area contributed by atoms with Crippen molar-refractivity contribution in [1.29, 1.82) is 0 Å². The Labute approximate surface area is 117 Å². The number of anilines is 1. The third-order valence-corrected chi connectivity index (χ3v) is 3.76. The van der Waals surface area contributed by atoms with Crippen LogP contribution in [0, 0.1) is 21.8 Å². The van der Waals surface area contributed by atoms with Crippen molar-refractivity contribution >= 4 is 11.4 Å². The van der Waals surface area contributed by atoms with Gasteiger partial charge in [0.25, 0.3) is 0 Å². The third kappa shape index (κ3) is 3.18. The summed E-state index contributed by atoms with van der Waals surface area (Å²) in [6.07, 6.45) is 4.29. The molecule has 2 atom stereocenters. The van der Waals surface area contributed by atoms with Gasteiger partial charge in [-0.15, -0.1) is 0 Å². The topological polar surface area (TPSA) is 64.4 Å². The first-order valence-electron chi connectivity index (χ1n) is 6.79. The van der Waals surface area contributed by atoms with E-state index >= 15 is 0 Å². The lowest BCUT2D eigenvalue weighted by Crippen LogP contribution is -2.26. The summed E-state index contributed by atoms with van der Waals surface area (Å²) in [5.74, 6) is 0.0720. The minimum Gasteiger partial charge on any atom is -0.490 e. The number of nitrogens with zero attached hydrogens (tertiary/aromatic N) is 1. The van der Waals surface area contributed by atoms with E-state index in [0.29, 0.717) is 5.92 Å². The van der Waals surface area contributed by atoms with Crippen LogP contribution in [0.2, 0.25) is 0 Å². The molecular weight excluding hydrogens is 263 g/mol. The second-order valence-corrected chi connectivity index (χ2v) is 5.37. The first-order valence-corrected chi connectivity index (χ1v) is 6.79. The number of ether oxygens (including phenoxy) is 1. The Balaban J connectivity index is 2.21. The number of nitro benzene ring substituents is 1. The van der Waals surface area contributed by atoms with Gasteiger partial charge in [0.05, 0.1) is 23.8 Å². The average molecular weight is 282 g/mol. The molecule has 2 rings (SSSR count). The second kappa shape index (κ2) is 6.07. The lowest BCUT2D eigenvalue weighted by atomic mass is 9.87. The molecule has 0 spiro atoms. The maximum absolute atomic E-state index is 14.0. The van der Waals surface area contributed by atoms with Crippen LogP contribution in [0.25, 0.3) is 0 Å². The van der Waals surface area contributed by atoms with Crippen molar-refractivity contribution in [1.82, 2.24) is 0 Å². The molecule has 20 heavy (non-hydrogen) atoms. The quantitative estimate of drug-likeness (QED) is 0.675. The predicted octanol–water partition coefficient (Wildman–Crippen LogP) is 3.73. The summed E-state index contributed by atoms with van der Waals surface area (Å²) in [5, 5.41) is 14.0. The van der Waals surface area contributed by atoms with Gasteiger partial charge < -0.3 is 10.1 Å². The average Bonchev–Trinajstić information content (AvgIpc) is 2.40. The van der Waals surface area contributed by atoms with Crippen LogP contribution in [0.1, 0.15) is 32.6 Å². The van der Waals surface area contributed by atoms with Crippen molar-refractivity contribution in [2.24, 2.45) is 5.92 Å². The van der Waals surface area contributed by atoms with E-state index in [1.165, 1.54) is 19.6 Å². The molecule has 1 aromatic rings. The molecule has 1 fully saturated rings. The molecule has 1 aliphatic carbocycles. The standard InChI is InChI=1S/C14H19FN2O3/c1-9-4-3-5-10(6-9)16-12-8-14(20-2)13(17(18)19)7-11(12)15/h7-10,16H,3-6H2,1-2H3. The van der Waals surface area contributed by atoms with Crippen LogP contribution >= 0.6 is 0 Å². The highest BCUT2D eigenvalue weighted by Crippen LogP contribution is 2.34. The van der Waals surface area contributed by atoms with Gasteiger partial charge in [-0.1, -0.05) is 19.8 Å². The van der Waals surface area contributed by atoms with Crippen molar-refractivity contribution in [3.05, 3.63) is 28.1 Å². The number of methoxy groups -OCH3 is 1. The highest BCUT2D eigenvalue weighted by Gasteiger charge is 2.23. The Morgan fingerprint density at radius 1 is 1.45 bits per heavy atom. The van der Waals surface area contributed by atoms with E-state index in [1.54, 1.807) is 0 Å². The number of rotatable bonds is 4. The fourth-order valence-electron chi connectivity index (χ4n) is 2.74. The van der Waals surface area contributed by atoms with Gasteiger partial charge >= 0.3 is 5.69 Å². The van der Waals surface area contributed by atoms with Crippen molar-refractivity contribution in [2.45, 2.75) is 38.6 Å². The van der Waals surface area contributed by atoms with E-state index in [1.807, 2.05) is 0 Å². The maximum atomic E-state index is 14.0. The molecule has 0 radical (unpaired) electrons. The molecule has 6 heteroatoms. The highest BCUT2D eigenvalue weighted by molar-refractivity contribution is 5.59. The summed E-state index contributed by atoms with van der Waals surface area (Å²) < 4.78 is 18.9. The molecule has 0 aromatic heterocycles. The molecule has 0 heterocycles. The van der Waals surface area contributed by atoms with Crippen molar-refractivity contribution in [2.75, 3.05) is 12.4 Å². The predicted molar refractivity (Wildman–Crippen MR) is 74.6 cm³/mol. The number of hydrogen-bond acceptors (Lipinski definition) is 4. The van der Waals surface area contributed by atoms with E-state index in [-0.39, 0.29) is 23.2 Å². The number of nitrogens with one attached hydrogen (secondary N) is 1. The van der Waals surface area contributed by atoms with E-state index in [4.69, 9.17) is 4.74 Å². The smallest absolute Gasteiger partial charge is 0.313 e. The van der Waals surface area contributed by atoms with Crippen LogP contribution in [0.4, 0.5) is 15.8 Å². The van der Waals surface area contributed by atoms with Crippen LogP contribution in [0.15, 0.2) is 12.1 Å². The molecular formula is C14H19FN2O3. The molecule has 0 saturated heterocycles. The molecule has 5 nitrogen and oxygen atoms in total. The lowest BCUT2D eigenvalue weighted by Gasteiger charge is -2.28. The number of hydrogen-bond donors (Lipinski definition) is 1.